The van der Waals surface area contributed by atoms with Crippen molar-refractivity contribution in [1.82, 2.24) is 10.2 Å². The first kappa shape index (κ1) is 21.2. The van der Waals surface area contributed by atoms with Crippen LogP contribution in [0.4, 0.5) is 10.2 Å². The van der Waals surface area contributed by atoms with Crippen molar-refractivity contribution in [3.05, 3.63) is 53.5 Å². The average Bonchev–Trinajstić information content (AvgIpc) is 3.04. The maximum absolute atomic E-state index is 14.4. The molecule has 1 heterocycles. The summed E-state index contributed by atoms with van der Waals surface area (Å²) >= 11 is 0. The molecule has 3 unspecified atom stereocenters. The highest BCUT2D eigenvalue weighted by molar-refractivity contribution is 5.89. The topological polar surface area (TPSA) is 72.0 Å². The van der Waals surface area contributed by atoms with Gasteiger partial charge in [-0.05, 0) is 91.5 Å². The first-order valence-corrected chi connectivity index (χ1v) is 11.9. The van der Waals surface area contributed by atoms with Crippen LogP contribution in [0.3, 0.4) is 0 Å². The number of halogens is 1. The lowest BCUT2D eigenvalue weighted by atomic mass is 9.54. The summed E-state index contributed by atoms with van der Waals surface area (Å²) in [4.78, 5) is 25.4. The number of nitrogens with one attached hydrogen (secondary N) is 1. The lowest BCUT2D eigenvalue weighted by Gasteiger charge is -2.50. The molecular weight excluding hydrogens is 405 g/mol. The van der Waals surface area contributed by atoms with Gasteiger partial charge in [0, 0.05) is 24.5 Å². The van der Waals surface area contributed by atoms with Crippen LogP contribution in [-0.2, 0) is 16.0 Å². The van der Waals surface area contributed by atoms with E-state index in [1.54, 1.807) is 24.4 Å². The molecule has 5 nitrogen and oxygen atoms in total. The van der Waals surface area contributed by atoms with Crippen molar-refractivity contribution in [2.45, 2.75) is 64.2 Å². The Kier molecular flexibility index (Phi) is 5.56. The van der Waals surface area contributed by atoms with Gasteiger partial charge < -0.3 is 5.32 Å². The number of fused-ring (bicyclic) bond motifs is 5. The van der Waals surface area contributed by atoms with Gasteiger partial charge >= 0.3 is 0 Å². The van der Waals surface area contributed by atoms with Gasteiger partial charge in [-0.2, -0.15) is 5.10 Å². The van der Waals surface area contributed by atoms with Crippen LogP contribution in [0.1, 0.15) is 68.9 Å². The predicted octanol–water partition coefficient (Wildman–Crippen LogP) is 5.08. The number of hydrogen-bond acceptors (Lipinski definition) is 4. The summed E-state index contributed by atoms with van der Waals surface area (Å²) < 4.78 is 14.4. The largest absolute Gasteiger partial charge is 0.309 e. The third-order valence-electron chi connectivity index (χ3n) is 8.38. The van der Waals surface area contributed by atoms with Crippen LogP contribution in [-0.4, -0.2) is 21.9 Å². The first-order chi connectivity index (χ1) is 15.5. The number of carbonyl (C=O) groups is 2. The zero-order chi connectivity index (χ0) is 22.3. The van der Waals surface area contributed by atoms with E-state index in [4.69, 9.17) is 0 Å². The van der Waals surface area contributed by atoms with Crippen molar-refractivity contribution >= 4 is 17.5 Å². The zero-order valence-corrected chi connectivity index (χ0v) is 18.5. The summed E-state index contributed by atoms with van der Waals surface area (Å²) in [5.41, 5.74) is 1.79. The Labute approximate surface area is 188 Å². The van der Waals surface area contributed by atoms with Crippen LogP contribution in [0, 0.1) is 29.0 Å². The summed E-state index contributed by atoms with van der Waals surface area (Å²) in [7, 11) is 0. The Morgan fingerprint density at radius 2 is 2.12 bits per heavy atom. The van der Waals surface area contributed by atoms with Crippen LogP contribution >= 0.6 is 0 Å². The molecule has 1 N–H and O–H groups in total. The smallest absolute Gasteiger partial charge is 0.225 e. The molecule has 0 bridgehead atoms. The van der Waals surface area contributed by atoms with Gasteiger partial charge in [0.15, 0.2) is 5.82 Å². The maximum atomic E-state index is 14.4. The first-order valence-electron chi connectivity index (χ1n) is 11.9. The molecule has 3 aliphatic carbocycles. The Hall–Kier alpha value is -2.63. The summed E-state index contributed by atoms with van der Waals surface area (Å²) in [6.07, 6.45) is 7.79. The zero-order valence-electron chi connectivity index (χ0n) is 18.5. The minimum Gasteiger partial charge on any atom is -0.309 e. The van der Waals surface area contributed by atoms with E-state index in [-0.39, 0.29) is 17.1 Å². The van der Waals surface area contributed by atoms with Gasteiger partial charge in [0.05, 0.1) is 0 Å². The van der Waals surface area contributed by atoms with Crippen LogP contribution < -0.4 is 5.32 Å². The van der Waals surface area contributed by atoms with Gasteiger partial charge in [0.2, 0.25) is 5.91 Å². The lowest BCUT2D eigenvalue weighted by Crippen LogP contribution is -2.44. The maximum Gasteiger partial charge on any atom is 0.225 e. The third kappa shape index (κ3) is 3.63. The summed E-state index contributed by atoms with van der Waals surface area (Å²) in [6.45, 7) is 2.16. The van der Waals surface area contributed by atoms with E-state index < -0.39 is 0 Å². The number of nitrogens with zero attached hydrogens (tertiary/aromatic N) is 2. The molecule has 6 heteroatoms. The Bertz CT molecular complexity index is 1030. The second-order valence-electron chi connectivity index (χ2n) is 10.0. The van der Waals surface area contributed by atoms with E-state index in [1.807, 2.05) is 6.07 Å². The van der Waals surface area contributed by atoms with Crippen LogP contribution in [0.15, 0.2) is 36.5 Å². The normalized spacial score (nSPS) is 30.9. The van der Waals surface area contributed by atoms with Gasteiger partial charge in [0.25, 0.3) is 0 Å². The van der Waals surface area contributed by atoms with Gasteiger partial charge in [-0.3, -0.25) is 9.59 Å². The van der Waals surface area contributed by atoms with Crippen LogP contribution in [0.2, 0.25) is 0 Å². The number of rotatable bonds is 5. The third-order valence-corrected chi connectivity index (χ3v) is 8.38. The van der Waals surface area contributed by atoms with Gasteiger partial charge in [-0.15, -0.1) is 5.10 Å². The van der Waals surface area contributed by atoms with Crippen molar-refractivity contribution in [2.75, 3.05) is 5.32 Å². The fourth-order valence-corrected chi connectivity index (χ4v) is 7.00. The molecular formula is C26H30FN3O2. The Morgan fingerprint density at radius 3 is 2.94 bits per heavy atom. The van der Waals surface area contributed by atoms with E-state index >= 15 is 0 Å². The quantitative estimate of drug-likeness (QED) is 0.711. The summed E-state index contributed by atoms with van der Waals surface area (Å²) in [5.74, 6) is 2.11. The van der Waals surface area contributed by atoms with Crippen LogP contribution in [0.5, 0.6) is 0 Å². The molecule has 3 aliphatic rings. The minimum absolute atomic E-state index is 0.0684. The van der Waals surface area contributed by atoms with Gasteiger partial charge in [0.1, 0.15) is 11.6 Å². The Morgan fingerprint density at radius 1 is 1.25 bits per heavy atom. The molecule has 1 amide bonds. The lowest BCUT2D eigenvalue weighted by molar-refractivity contribution is -0.129. The van der Waals surface area contributed by atoms with E-state index in [9.17, 15) is 14.0 Å². The molecule has 0 spiro atoms. The number of aromatic nitrogens is 2. The number of anilines is 1. The predicted molar refractivity (Wildman–Crippen MR) is 119 cm³/mol. The number of hydrogen-bond donors (Lipinski definition) is 1. The fraction of sp³-hybridized carbons (Fsp3) is 0.538. The molecule has 32 heavy (non-hydrogen) atoms. The molecule has 0 saturated heterocycles. The molecule has 2 aromatic rings. The molecule has 2 fully saturated rings. The van der Waals surface area contributed by atoms with E-state index in [0.717, 1.165) is 44.1 Å². The Balaban J connectivity index is 1.28. The molecule has 5 atom stereocenters. The van der Waals surface area contributed by atoms with Gasteiger partial charge in [-0.25, -0.2) is 4.39 Å². The monoisotopic (exact) mass is 435 g/mol. The number of ketones is 1. The highest BCUT2D eigenvalue weighted by atomic mass is 19.1. The van der Waals surface area contributed by atoms with Crippen molar-refractivity contribution in [1.29, 1.82) is 0 Å². The van der Waals surface area contributed by atoms with Crippen LogP contribution in [0.25, 0.3) is 0 Å². The number of Topliss-reactive ketones (excluding diaryl/α,β-unsaturated/α-hetero) is 1. The molecule has 0 radical (unpaired) electrons. The van der Waals surface area contributed by atoms with Crippen molar-refractivity contribution < 1.29 is 14.0 Å². The summed E-state index contributed by atoms with van der Waals surface area (Å²) in [6, 6.07) is 8.96. The molecule has 2 saturated carbocycles. The minimum atomic E-state index is -0.265. The average molecular weight is 436 g/mol. The molecule has 0 aliphatic heterocycles. The highest BCUT2D eigenvalue weighted by Gasteiger charge is 2.58. The number of carbonyl (C=O) groups excluding carboxylic acids is 2. The number of benzene rings is 1. The SMILES string of the molecule is C[C@]12CCC3c4cccc(F)c4CCC3C1[C@H](CCCC(=O)Nc1cccnn1)CC2=O. The molecule has 1 aromatic carbocycles. The second-order valence-corrected chi connectivity index (χ2v) is 10.0. The van der Waals surface area contributed by atoms with Crippen molar-refractivity contribution in [3.63, 3.8) is 0 Å². The summed E-state index contributed by atoms with van der Waals surface area (Å²) in [5, 5.41) is 10.5. The van der Waals surface area contributed by atoms with Crippen molar-refractivity contribution in [2.24, 2.45) is 23.2 Å². The molecule has 168 valence electrons. The van der Waals surface area contributed by atoms with Gasteiger partial charge in [-0.1, -0.05) is 19.1 Å². The highest BCUT2D eigenvalue weighted by Crippen LogP contribution is 2.62. The fourth-order valence-electron chi connectivity index (χ4n) is 7.00. The van der Waals surface area contributed by atoms with E-state index in [2.05, 4.69) is 28.5 Å². The standard InChI is InChI=1S/C26H30FN3O2/c1-26-13-12-18-17-6-3-7-21(27)19(17)10-11-20(18)25(26)16(15-22(26)31)5-2-9-24(32)29-23-8-4-14-28-30-23/h3-4,6-8,14,16,18,20,25H,2,5,9-13,15H2,1H3,(H,29,30,32)/t16-,18?,20?,25?,26-/m1/s1. The molecule has 5 rings (SSSR count). The van der Waals surface area contributed by atoms with E-state index in [0.29, 0.717) is 48.1 Å². The molecule has 1 aromatic heterocycles. The number of amides is 1. The van der Waals surface area contributed by atoms with Crippen molar-refractivity contribution in [3.8, 4) is 0 Å². The second kappa shape index (κ2) is 8.38. The van der Waals surface area contributed by atoms with E-state index in [1.165, 1.54) is 5.56 Å².